The van der Waals surface area contributed by atoms with Crippen molar-refractivity contribution in [2.45, 2.75) is 50.5 Å². The Labute approximate surface area is 158 Å². The molecule has 0 aromatic heterocycles. The van der Waals surface area contributed by atoms with Crippen molar-refractivity contribution >= 4 is 23.4 Å². The normalized spacial score (nSPS) is 36.8. The molecule has 5 aliphatic rings. The summed E-state index contributed by atoms with van der Waals surface area (Å²) in [6, 6.07) is 7.31. The van der Waals surface area contributed by atoms with Crippen molar-refractivity contribution in [2.24, 2.45) is 17.3 Å². The minimum absolute atomic E-state index is 0.0221. The summed E-state index contributed by atoms with van der Waals surface area (Å²) in [6.45, 7) is 0.964. The first-order valence-electron chi connectivity index (χ1n) is 9.99. The zero-order valence-corrected chi connectivity index (χ0v) is 15.4. The van der Waals surface area contributed by atoms with Crippen LogP contribution in [0.4, 0.5) is 16.2 Å². The van der Waals surface area contributed by atoms with Gasteiger partial charge in [-0.2, -0.15) is 0 Å². The number of carbonyl (C=O) groups is 2. The highest BCUT2D eigenvalue weighted by atomic mass is 16.6. The SMILES string of the molecule is O=C(CC12CC3CC(CC(O)(C3)C1)C2)Nc1ccc(N2CCOC2=O)cc1. The maximum atomic E-state index is 12.7. The van der Waals surface area contributed by atoms with Gasteiger partial charge in [0.1, 0.15) is 6.61 Å². The Morgan fingerprint density at radius 1 is 1.19 bits per heavy atom. The molecule has 4 bridgehead atoms. The number of anilines is 2. The number of aliphatic hydroxyl groups is 1. The number of carbonyl (C=O) groups excluding carboxylic acids is 2. The number of ether oxygens (including phenoxy) is 1. The fraction of sp³-hybridized carbons (Fsp3) is 0.619. The molecule has 2 atom stereocenters. The monoisotopic (exact) mass is 370 g/mol. The predicted octanol–water partition coefficient (Wildman–Crippen LogP) is 3.30. The van der Waals surface area contributed by atoms with Gasteiger partial charge in [-0.25, -0.2) is 4.79 Å². The molecule has 6 nitrogen and oxygen atoms in total. The Morgan fingerprint density at radius 2 is 1.89 bits per heavy atom. The van der Waals surface area contributed by atoms with Crippen LogP contribution in [0.5, 0.6) is 0 Å². The first-order chi connectivity index (χ1) is 12.9. The molecule has 6 heteroatoms. The van der Waals surface area contributed by atoms with Crippen molar-refractivity contribution in [3.8, 4) is 0 Å². The van der Waals surface area contributed by atoms with E-state index in [0.29, 0.717) is 31.4 Å². The molecule has 2 unspecified atom stereocenters. The number of cyclic esters (lactones) is 1. The van der Waals surface area contributed by atoms with Crippen molar-refractivity contribution in [1.82, 2.24) is 0 Å². The van der Waals surface area contributed by atoms with Crippen LogP contribution in [-0.2, 0) is 9.53 Å². The fourth-order valence-corrected chi connectivity index (χ4v) is 6.51. The molecule has 2 amide bonds. The maximum Gasteiger partial charge on any atom is 0.414 e. The lowest BCUT2D eigenvalue weighted by molar-refractivity contribution is -0.167. The molecule has 0 radical (unpaired) electrons. The van der Waals surface area contributed by atoms with E-state index in [1.165, 1.54) is 6.42 Å². The van der Waals surface area contributed by atoms with Crippen molar-refractivity contribution in [1.29, 1.82) is 0 Å². The lowest BCUT2D eigenvalue weighted by atomic mass is 9.47. The van der Waals surface area contributed by atoms with Gasteiger partial charge in [-0.1, -0.05) is 0 Å². The standard InChI is InChI=1S/C21H26N2O4/c24-18(12-20-8-14-7-15(9-20)11-21(26,10-14)13-20)22-16-1-3-17(4-2-16)23-5-6-27-19(23)25/h1-4,14-15,26H,5-13H2,(H,22,24). The van der Waals surface area contributed by atoms with E-state index in [0.717, 1.165) is 43.5 Å². The minimum atomic E-state index is -0.531. The Kier molecular flexibility index (Phi) is 3.76. The van der Waals surface area contributed by atoms with Gasteiger partial charge in [0.25, 0.3) is 0 Å². The third-order valence-corrected chi connectivity index (χ3v) is 6.91. The highest BCUT2D eigenvalue weighted by Crippen LogP contribution is 2.62. The molecule has 0 spiro atoms. The van der Waals surface area contributed by atoms with Gasteiger partial charge in [0.2, 0.25) is 5.91 Å². The van der Waals surface area contributed by atoms with Gasteiger partial charge >= 0.3 is 6.09 Å². The van der Waals surface area contributed by atoms with Crippen LogP contribution in [0, 0.1) is 17.3 Å². The number of hydrogen-bond acceptors (Lipinski definition) is 4. The predicted molar refractivity (Wildman–Crippen MR) is 100 cm³/mol. The van der Waals surface area contributed by atoms with Gasteiger partial charge in [0.05, 0.1) is 12.1 Å². The van der Waals surface area contributed by atoms with E-state index < -0.39 is 5.60 Å². The first-order valence-corrected chi connectivity index (χ1v) is 9.99. The lowest BCUT2D eigenvalue weighted by Crippen LogP contribution is -2.56. The van der Waals surface area contributed by atoms with E-state index in [4.69, 9.17) is 4.74 Å². The van der Waals surface area contributed by atoms with Crippen LogP contribution in [0.2, 0.25) is 0 Å². The van der Waals surface area contributed by atoms with Gasteiger partial charge in [-0.15, -0.1) is 0 Å². The largest absolute Gasteiger partial charge is 0.447 e. The number of hydrogen-bond donors (Lipinski definition) is 2. The molecule has 1 aromatic rings. The Morgan fingerprint density at radius 3 is 2.48 bits per heavy atom. The molecule has 4 saturated carbocycles. The van der Waals surface area contributed by atoms with Crippen LogP contribution in [0.1, 0.15) is 44.9 Å². The molecule has 27 heavy (non-hydrogen) atoms. The second-order valence-corrected chi connectivity index (χ2v) is 9.22. The van der Waals surface area contributed by atoms with Crippen molar-refractivity contribution < 1.29 is 19.4 Å². The zero-order valence-electron chi connectivity index (χ0n) is 15.4. The molecular weight excluding hydrogens is 344 g/mol. The molecule has 5 fully saturated rings. The third kappa shape index (κ3) is 3.10. The van der Waals surface area contributed by atoms with Gasteiger partial charge < -0.3 is 15.2 Å². The average Bonchev–Trinajstić information content (AvgIpc) is 2.98. The van der Waals surface area contributed by atoms with Gasteiger partial charge in [0, 0.05) is 17.8 Å². The molecule has 1 aromatic carbocycles. The summed E-state index contributed by atoms with van der Waals surface area (Å²) >= 11 is 0. The van der Waals surface area contributed by atoms with Crippen molar-refractivity contribution in [3.63, 3.8) is 0 Å². The molecule has 2 N–H and O–H groups in total. The van der Waals surface area contributed by atoms with Crippen LogP contribution in [0.15, 0.2) is 24.3 Å². The van der Waals surface area contributed by atoms with E-state index in [1.807, 2.05) is 24.3 Å². The van der Waals surface area contributed by atoms with Gasteiger partial charge in [-0.05, 0) is 80.0 Å². The van der Waals surface area contributed by atoms with Crippen molar-refractivity contribution in [2.75, 3.05) is 23.4 Å². The van der Waals surface area contributed by atoms with Gasteiger partial charge in [-0.3, -0.25) is 9.69 Å². The fourth-order valence-electron chi connectivity index (χ4n) is 6.51. The van der Waals surface area contributed by atoms with E-state index in [-0.39, 0.29) is 17.4 Å². The highest BCUT2D eigenvalue weighted by Gasteiger charge is 2.57. The quantitative estimate of drug-likeness (QED) is 0.852. The number of benzene rings is 1. The Bertz CT molecular complexity index is 761. The molecule has 1 saturated heterocycles. The topological polar surface area (TPSA) is 78.9 Å². The smallest absolute Gasteiger partial charge is 0.414 e. The van der Waals surface area contributed by atoms with E-state index in [9.17, 15) is 14.7 Å². The van der Waals surface area contributed by atoms with Crippen LogP contribution in [-0.4, -0.2) is 35.9 Å². The summed E-state index contributed by atoms with van der Waals surface area (Å²) in [7, 11) is 0. The van der Waals surface area contributed by atoms with Crippen LogP contribution >= 0.6 is 0 Å². The van der Waals surface area contributed by atoms with E-state index in [2.05, 4.69) is 5.32 Å². The average molecular weight is 370 g/mol. The van der Waals surface area contributed by atoms with Crippen LogP contribution < -0.4 is 10.2 Å². The molecular formula is C21H26N2O4. The molecule has 1 aliphatic heterocycles. The second kappa shape index (κ2) is 5.96. The highest BCUT2D eigenvalue weighted by molar-refractivity contribution is 5.92. The second-order valence-electron chi connectivity index (χ2n) is 9.22. The molecule has 6 rings (SSSR count). The summed E-state index contributed by atoms with van der Waals surface area (Å²) in [5.74, 6) is 1.20. The Balaban J connectivity index is 1.24. The lowest BCUT2D eigenvalue weighted by Gasteiger charge is -2.60. The maximum absolute atomic E-state index is 12.7. The first kappa shape index (κ1) is 17.0. The molecule has 1 heterocycles. The van der Waals surface area contributed by atoms with Crippen LogP contribution in [0.3, 0.4) is 0 Å². The minimum Gasteiger partial charge on any atom is -0.447 e. The van der Waals surface area contributed by atoms with E-state index in [1.54, 1.807) is 4.90 Å². The van der Waals surface area contributed by atoms with Crippen LogP contribution in [0.25, 0.3) is 0 Å². The number of amides is 2. The summed E-state index contributed by atoms with van der Waals surface area (Å²) in [5.41, 5.74) is 0.956. The number of nitrogens with one attached hydrogen (secondary N) is 1. The molecule has 4 aliphatic carbocycles. The Hall–Kier alpha value is -2.08. The number of nitrogens with zero attached hydrogens (tertiary/aromatic N) is 1. The van der Waals surface area contributed by atoms with Gasteiger partial charge in [0.15, 0.2) is 0 Å². The summed E-state index contributed by atoms with van der Waals surface area (Å²) in [4.78, 5) is 25.9. The summed E-state index contributed by atoms with van der Waals surface area (Å²) < 4.78 is 4.95. The third-order valence-electron chi connectivity index (χ3n) is 6.91. The van der Waals surface area contributed by atoms with Crippen molar-refractivity contribution in [3.05, 3.63) is 24.3 Å². The summed E-state index contributed by atoms with van der Waals surface area (Å²) in [6.07, 6.45) is 6.17. The van der Waals surface area contributed by atoms with E-state index >= 15 is 0 Å². The summed E-state index contributed by atoms with van der Waals surface area (Å²) in [5, 5.41) is 13.9. The molecule has 144 valence electrons. The number of rotatable bonds is 4. The zero-order chi connectivity index (χ0) is 18.6.